The number of fused-ring (bicyclic) bond motifs is 1. The van der Waals surface area contributed by atoms with Crippen molar-refractivity contribution in [3.8, 4) is 0 Å². The highest BCUT2D eigenvalue weighted by Crippen LogP contribution is 2.54. The Morgan fingerprint density at radius 1 is 1.00 bits per heavy atom. The zero-order chi connectivity index (χ0) is 33.7. The second-order valence-corrected chi connectivity index (χ2v) is 15.3. The summed E-state index contributed by atoms with van der Waals surface area (Å²) in [5.41, 5.74) is 0.313. The summed E-state index contributed by atoms with van der Waals surface area (Å²) in [6.07, 6.45) is -0.0381. The Bertz CT molecular complexity index is 1310. The van der Waals surface area contributed by atoms with Gasteiger partial charge in [-0.2, -0.15) is 0 Å². The van der Waals surface area contributed by atoms with Crippen LogP contribution in [-0.2, 0) is 19.1 Å². The molecule has 12 heteroatoms. The van der Waals surface area contributed by atoms with E-state index in [-0.39, 0.29) is 54.2 Å². The molecule has 3 aliphatic heterocycles. The average Bonchev–Trinajstić information content (AvgIpc) is 3.46. The van der Waals surface area contributed by atoms with Crippen LogP contribution in [0.5, 0.6) is 0 Å². The number of carbonyl (C=O) groups excluding carboxylic acids is 3. The van der Waals surface area contributed by atoms with Crippen molar-refractivity contribution in [1.82, 2.24) is 20.0 Å². The van der Waals surface area contributed by atoms with Gasteiger partial charge in [0.05, 0.1) is 6.10 Å². The lowest BCUT2D eigenvalue weighted by molar-refractivity contribution is -0.354. The molecule has 3 saturated heterocycles. The van der Waals surface area contributed by atoms with Crippen molar-refractivity contribution in [2.24, 2.45) is 0 Å². The van der Waals surface area contributed by atoms with Crippen LogP contribution in [0.2, 0.25) is 0 Å². The molecule has 5 aliphatic rings. The molecule has 1 N–H and O–H groups in total. The molecule has 0 aromatic heterocycles. The van der Waals surface area contributed by atoms with E-state index in [4.69, 9.17) is 4.74 Å². The zero-order valence-electron chi connectivity index (χ0n) is 27.9. The summed E-state index contributed by atoms with van der Waals surface area (Å²) < 4.78 is 48.3. The van der Waals surface area contributed by atoms with E-state index in [1.165, 1.54) is 5.56 Å². The smallest absolute Gasteiger partial charge is 0.444 e. The standard InChI is InChI=1S/C35H49F3N4O5/c1-5-40(26-18-27(19-26)46-35(36,37)38)24-11-13-28(39-32(45)47-33(2,3)4)30(43)42-25(17-24)12-14-29(42)31(44)41-21-23(20-34(41)15-16-34)22-9-7-6-8-10-22/h6-10,23-29H,5,11-21H2,1-4H3,(H,39,45)/t23-,24+,25-,26?,27?,28+,29+/m1/s1. The van der Waals surface area contributed by atoms with Gasteiger partial charge in [-0.3, -0.25) is 19.2 Å². The van der Waals surface area contributed by atoms with Crippen molar-refractivity contribution in [1.29, 1.82) is 0 Å². The normalized spacial score (nSPS) is 32.1. The second kappa shape index (κ2) is 12.9. The van der Waals surface area contributed by atoms with Crippen LogP contribution < -0.4 is 5.32 Å². The van der Waals surface area contributed by atoms with E-state index in [1.807, 2.05) is 30.0 Å². The molecule has 1 aromatic carbocycles. The molecule has 260 valence electrons. The monoisotopic (exact) mass is 662 g/mol. The van der Waals surface area contributed by atoms with Crippen LogP contribution in [0.3, 0.4) is 0 Å². The summed E-state index contributed by atoms with van der Waals surface area (Å²) in [5, 5.41) is 2.82. The largest absolute Gasteiger partial charge is 0.522 e. The molecule has 6 rings (SSSR count). The van der Waals surface area contributed by atoms with Gasteiger partial charge >= 0.3 is 12.5 Å². The van der Waals surface area contributed by atoms with E-state index in [9.17, 15) is 27.6 Å². The maximum absolute atomic E-state index is 14.5. The molecule has 0 radical (unpaired) electrons. The highest BCUT2D eigenvalue weighted by atomic mass is 19.4. The predicted octanol–water partition coefficient (Wildman–Crippen LogP) is 5.73. The van der Waals surface area contributed by atoms with Gasteiger partial charge in [0.15, 0.2) is 0 Å². The Morgan fingerprint density at radius 2 is 1.70 bits per heavy atom. The molecular formula is C35H49F3N4O5. The minimum Gasteiger partial charge on any atom is -0.444 e. The van der Waals surface area contributed by atoms with E-state index in [1.54, 1.807) is 25.7 Å². The van der Waals surface area contributed by atoms with Gasteiger partial charge in [0.2, 0.25) is 11.8 Å². The first-order chi connectivity index (χ1) is 22.2. The summed E-state index contributed by atoms with van der Waals surface area (Å²) >= 11 is 0. The molecule has 0 bridgehead atoms. The van der Waals surface area contributed by atoms with Gasteiger partial charge in [0.1, 0.15) is 17.7 Å². The first-order valence-electron chi connectivity index (χ1n) is 17.3. The van der Waals surface area contributed by atoms with Gasteiger partial charge in [0, 0.05) is 36.1 Å². The lowest BCUT2D eigenvalue weighted by Crippen LogP contribution is -2.60. The third-order valence-corrected chi connectivity index (χ3v) is 11.0. The Kier molecular flexibility index (Phi) is 9.32. The van der Waals surface area contributed by atoms with Crippen molar-refractivity contribution < 1.29 is 37.0 Å². The SMILES string of the molecule is CCN(C1CC(OC(F)(F)F)C1)[C@H]1CC[C@H](NC(=O)OC(C)(C)C)C(=O)N2[C@H](CC[C@H]2C(=O)N2C[C@H](c3ccccc3)CC23CC3)C1. The summed E-state index contributed by atoms with van der Waals surface area (Å²) in [4.78, 5) is 47.8. The minimum absolute atomic E-state index is 0.0107. The number of benzene rings is 1. The molecule has 3 amide bonds. The van der Waals surface area contributed by atoms with Crippen molar-refractivity contribution >= 4 is 17.9 Å². The predicted molar refractivity (Wildman–Crippen MR) is 168 cm³/mol. The van der Waals surface area contributed by atoms with Gasteiger partial charge in [-0.05, 0) is 97.1 Å². The second-order valence-electron chi connectivity index (χ2n) is 15.3. The Morgan fingerprint density at radius 3 is 2.32 bits per heavy atom. The lowest BCUT2D eigenvalue weighted by Gasteiger charge is -2.48. The number of carbonyl (C=O) groups is 3. The number of nitrogens with one attached hydrogen (secondary N) is 1. The van der Waals surface area contributed by atoms with Crippen LogP contribution in [0.4, 0.5) is 18.0 Å². The fourth-order valence-electron chi connectivity index (χ4n) is 8.70. The van der Waals surface area contributed by atoms with Crippen molar-refractivity contribution in [2.45, 2.75) is 152 Å². The molecule has 3 heterocycles. The molecule has 1 aromatic rings. The van der Waals surface area contributed by atoms with E-state index in [0.29, 0.717) is 45.2 Å². The number of ether oxygens (including phenoxy) is 2. The first kappa shape index (κ1) is 34.0. The fraction of sp³-hybridized carbons (Fsp3) is 0.743. The number of halogens is 3. The summed E-state index contributed by atoms with van der Waals surface area (Å²) in [6.45, 7) is 8.54. The maximum atomic E-state index is 14.5. The number of alkyl carbamates (subject to hydrolysis) is 1. The number of rotatable bonds is 7. The summed E-state index contributed by atoms with van der Waals surface area (Å²) in [6, 6.07) is 8.48. The highest BCUT2D eigenvalue weighted by molar-refractivity contribution is 5.93. The van der Waals surface area contributed by atoms with Crippen molar-refractivity contribution in [3.05, 3.63) is 35.9 Å². The van der Waals surface area contributed by atoms with Crippen LogP contribution in [0, 0.1) is 0 Å². The maximum Gasteiger partial charge on any atom is 0.522 e. The fourth-order valence-corrected chi connectivity index (χ4v) is 8.70. The third-order valence-electron chi connectivity index (χ3n) is 11.0. The highest BCUT2D eigenvalue weighted by Gasteiger charge is 2.59. The molecule has 47 heavy (non-hydrogen) atoms. The minimum atomic E-state index is -4.66. The Labute approximate surface area is 275 Å². The average molecular weight is 663 g/mol. The molecule has 2 saturated carbocycles. The summed E-state index contributed by atoms with van der Waals surface area (Å²) in [7, 11) is 0. The number of amides is 3. The van der Waals surface area contributed by atoms with Gasteiger partial charge in [-0.15, -0.1) is 13.2 Å². The molecular weight excluding hydrogens is 613 g/mol. The first-order valence-corrected chi connectivity index (χ1v) is 17.3. The van der Waals surface area contributed by atoms with Crippen LogP contribution in [0.1, 0.15) is 103 Å². The van der Waals surface area contributed by atoms with E-state index in [0.717, 1.165) is 19.3 Å². The Balaban J connectivity index is 1.22. The number of likely N-dealkylation sites (tertiary alicyclic amines) is 1. The number of hydrogen-bond acceptors (Lipinski definition) is 6. The third kappa shape index (κ3) is 7.43. The number of hydrogen-bond donors (Lipinski definition) is 1. The lowest BCUT2D eigenvalue weighted by atomic mass is 9.84. The van der Waals surface area contributed by atoms with E-state index in [2.05, 4.69) is 27.1 Å². The topological polar surface area (TPSA) is 91.4 Å². The molecule has 5 fully saturated rings. The van der Waals surface area contributed by atoms with E-state index < -0.39 is 36.2 Å². The van der Waals surface area contributed by atoms with Crippen LogP contribution in [-0.4, -0.2) is 99.5 Å². The number of nitrogens with zero attached hydrogens (tertiary/aromatic N) is 3. The van der Waals surface area contributed by atoms with Crippen LogP contribution in [0.25, 0.3) is 0 Å². The van der Waals surface area contributed by atoms with Crippen LogP contribution >= 0.6 is 0 Å². The van der Waals surface area contributed by atoms with Gasteiger partial charge in [0.25, 0.3) is 0 Å². The van der Waals surface area contributed by atoms with Crippen LogP contribution in [0.15, 0.2) is 30.3 Å². The quantitative estimate of drug-likeness (QED) is 0.401. The molecule has 1 spiro atoms. The molecule has 5 atom stereocenters. The van der Waals surface area contributed by atoms with Gasteiger partial charge in [-0.25, -0.2) is 4.79 Å². The Hall–Kier alpha value is -2.86. The summed E-state index contributed by atoms with van der Waals surface area (Å²) in [5.74, 6) is -0.0212. The van der Waals surface area contributed by atoms with E-state index >= 15 is 0 Å². The van der Waals surface area contributed by atoms with Gasteiger partial charge < -0.3 is 19.9 Å². The molecule has 2 aliphatic carbocycles. The molecule has 9 nitrogen and oxygen atoms in total. The number of alkyl halides is 3. The van der Waals surface area contributed by atoms with Gasteiger partial charge in [-0.1, -0.05) is 37.3 Å². The van der Waals surface area contributed by atoms with Crippen molar-refractivity contribution in [2.75, 3.05) is 13.1 Å². The molecule has 0 unspecified atom stereocenters. The zero-order valence-corrected chi connectivity index (χ0v) is 27.9. The van der Waals surface area contributed by atoms with Crippen molar-refractivity contribution in [3.63, 3.8) is 0 Å².